The molecule has 1 N–H and O–H groups in total. The molecule has 1 fully saturated rings. The second kappa shape index (κ2) is 10.3. The lowest BCUT2D eigenvalue weighted by Gasteiger charge is -2.13. The summed E-state index contributed by atoms with van der Waals surface area (Å²) in [6, 6.07) is 17.6. The number of hydrogen-bond donors (Lipinski definition) is 1. The molecule has 0 radical (unpaired) electrons. The summed E-state index contributed by atoms with van der Waals surface area (Å²) >= 11 is 0. The summed E-state index contributed by atoms with van der Waals surface area (Å²) in [6.07, 6.45) is -0.350. The summed E-state index contributed by atoms with van der Waals surface area (Å²) < 4.78 is 17.4. The second-order valence-corrected chi connectivity index (χ2v) is 5.77. The Morgan fingerprint density at radius 3 is 2.19 bits per heavy atom. The zero-order chi connectivity index (χ0) is 18.8. The maximum absolute atomic E-state index is 12.7. The molecule has 2 aromatic rings. The van der Waals surface area contributed by atoms with Crippen LogP contribution in [0.1, 0.15) is 30.9 Å². The Balaban J connectivity index is 0.000000342. The largest absolute Gasteiger partial charge is 0.447 e. The first-order valence-corrected chi connectivity index (χ1v) is 8.48. The van der Waals surface area contributed by atoms with E-state index in [4.69, 9.17) is 0 Å². The summed E-state index contributed by atoms with van der Waals surface area (Å²) in [7, 11) is 0. The maximum Gasteiger partial charge on any atom is 0.416 e. The third kappa shape index (κ3) is 6.29. The first-order chi connectivity index (χ1) is 12.6. The predicted molar refractivity (Wildman–Crippen MR) is 94.7 cm³/mol. The minimum Gasteiger partial charge on any atom is -0.447 e. The van der Waals surface area contributed by atoms with E-state index in [-0.39, 0.29) is 31.3 Å². The number of aliphatic hydroxyl groups is 1. The van der Waals surface area contributed by atoms with Crippen LogP contribution in [0.2, 0.25) is 0 Å². The molecule has 6 heteroatoms. The van der Waals surface area contributed by atoms with Gasteiger partial charge < -0.3 is 9.84 Å². The number of hydrogen-bond acceptors (Lipinski definition) is 4. The molecule has 0 saturated carbocycles. The van der Waals surface area contributed by atoms with Crippen molar-refractivity contribution in [1.29, 1.82) is 0 Å². The van der Waals surface area contributed by atoms with Gasteiger partial charge in [0.2, 0.25) is 5.91 Å². The zero-order valence-electron chi connectivity index (χ0n) is 14.4. The van der Waals surface area contributed by atoms with Gasteiger partial charge >= 0.3 is 6.09 Å². The predicted octanol–water partition coefficient (Wildman–Crippen LogP) is 3.69. The Bertz CT molecular complexity index is 664. The molecule has 3 rings (SSSR count). The van der Waals surface area contributed by atoms with E-state index in [0.29, 0.717) is 18.4 Å². The molecule has 26 heavy (non-hydrogen) atoms. The molecule has 0 aromatic heterocycles. The quantitative estimate of drug-likeness (QED) is 0.884. The lowest BCUT2D eigenvalue weighted by molar-refractivity contribution is -0.127. The molecule has 1 atom stereocenters. The number of cyclic esters (lactones) is 1. The molecule has 0 aliphatic carbocycles. The van der Waals surface area contributed by atoms with Gasteiger partial charge in [-0.3, -0.25) is 4.79 Å². The first kappa shape index (κ1) is 19.6. The fourth-order valence-corrected chi connectivity index (χ4v) is 2.44. The summed E-state index contributed by atoms with van der Waals surface area (Å²) in [5, 5.41) is 9.90. The molecule has 0 spiro atoms. The maximum atomic E-state index is 12.7. The van der Waals surface area contributed by atoms with Crippen LogP contribution in [0.5, 0.6) is 0 Å². The number of imide groups is 1. The monoisotopic (exact) mass is 359 g/mol. The highest BCUT2D eigenvalue weighted by Crippen LogP contribution is 2.20. The highest BCUT2D eigenvalue weighted by Gasteiger charge is 2.27. The van der Waals surface area contributed by atoms with Crippen molar-refractivity contribution in [3.63, 3.8) is 0 Å². The molecule has 2 aromatic carbocycles. The van der Waals surface area contributed by atoms with Gasteiger partial charge in [-0.1, -0.05) is 48.5 Å². The van der Waals surface area contributed by atoms with E-state index >= 15 is 0 Å². The number of aliphatic hydroxyl groups excluding tert-OH is 1. The van der Waals surface area contributed by atoms with Gasteiger partial charge in [0.1, 0.15) is 12.4 Å². The van der Waals surface area contributed by atoms with E-state index in [2.05, 4.69) is 4.74 Å². The Morgan fingerprint density at radius 2 is 1.69 bits per heavy atom. The number of amides is 2. The Labute approximate surface area is 152 Å². The molecule has 5 nitrogen and oxygen atoms in total. The van der Waals surface area contributed by atoms with Crippen LogP contribution in [0, 0.1) is 5.82 Å². The van der Waals surface area contributed by atoms with Crippen molar-refractivity contribution < 1.29 is 23.8 Å². The molecular weight excluding hydrogens is 337 g/mol. The molecule has 1 saturated heterocycles. The van der Waals surface area contributed by atoms with E-state index in [0.717, 1.165) is 4.90 Å². The van der Waals surface area contributed by atoms with Crippen molar-refractivity contribution in [3.8, 4) is 0 Å². The van der Waals surface area contributed by atoms with Crippen LogP contribution in [-0.4, -0.2) is 35.2 Å². The average molecular weight is 359 g/mol. The summed E-state index contributed by atoms with van der Waals surface area (Å²) in [4.78, 5) is 24.0. The van der Waals surface area contributed by atoms with Crippen LogP contribution in [0.25, 0.3) is 0 Å². The molecular formula is C20H22FNO4. The van der Waals surface area contributed by atoms with Crippen molar-refractivity contribution in [1.82, 2.24) is 4.90 Å². The topological polar surface area (TPSA) is 66.8 Å². The average Bonchev–Trinajstić information content (AvgIpc) is 3.10. The summed E-state index contributed by atoms with van der Waals surface area (Å²) in [5.74, 6) is -0.650. The second-order valence-electron chi connectivity index (χ2n) is 5.77. The SMILES string of the molecule is O=C(CCC[C@H](O)c1ccc(F)cc1)N1CCOC1=O.c1ccccc1. The lowest BCUT2D eigenvalue weighted by Crippen LogP contribution is -2.31. The lowest BCUT2D eigenvalue weighted by atomic mass is 10.0. The number of rotatable bonds is 5. The summed E-state index contributed by atoms with van der Waals surface area (Å²) in [5.41, 5.74) is 0.611. The number of ether oxygens (including phenoxy) is 1. The van der Waals surface area contributed by atoms with Crippen LogP contribution < -0.4 is 0 Å². The number of nitrogens with zero attached hydrogens (tertiary/aromatic N) is 1. The van der Waals surface area contributed by atoms with E-state index in [1.165, 1.54) is 24.3 Å². The van der Waals surface area contributed by atoms with Gasteiger partial charge in [-0.15, -0.1) is 0 Å². The smallest absolute Gasteiger partial charge is 0.416 e. The third-order valence-electron chi connectivity index (χ3n) is 3.85. The van der Waals surface area contributed by atoms with Crippen molar-refractivity contribution in [3.05, 3.63) is 72.0 Å². The van der Waals surface area contributed by atoms with Gasteiger partial charge in [-0.2, -0.15) is 0 Å². The van der Waals surface area contributed by atoms with Crippen LogP contribution >= 0.6 is 0 Å². The van der Waals surface area contributed by atoms with Gasteiger partial charge in [0, 0.05) is 6.42 Å². The van der Waals surface area contributed by atoms with Crippen LogP contribution in [-0.2, 0) is 9.53 Å². The molecule has 1 aliphatic heterocycles. The Morgan fingerprint density at radius 1 is 1.12 bits per heavy atom. The van der Waals surface area contributed by atoms with E-state index in [9.17, 15) is 19.1 Å². The van der Waals surface area contributed by atoms with Crippen molar-refractivity contribution in [2.75, 3.05) is 13.2 Å². The number of carbonyl (C=O) groups is 2. The fourth-order valence-electron chi connectivity index (χ4n) is 2.44. The molecule has 1 aliphatic rings. The summed E-state index contributed by atoms with van der Waals surface area (Å²) in [6.45, 7) is 0.529. The van der Waals surface area contributed by atoms with Crippen molar-refractivity contribution in [2.45, 2.75) is 25.4 Å². The number of benzene rings is 2. The molecule has 2 amide bonds. The normalized spacial score (nSPS) is 14.2. The highest BCUT2D eigenvalue weighted by atomic mass is 19.1. The highest BCUT2D eigenvalue weighted by molar-refractivity contribution is 5.92. The molecule has 1 heterocycles. The minimum absolute atomic E-state index is 0.174. The molecule has 0 bridgehead atoms. The fraction of sp³-hybridized carbons (Fsp3) is 0.300. The van der Waals surface area contributed by atoms with Gasteiger partial charge in [0.15, 0.2) is 0 Å². The van der Waals surface area contributed by atoms with Crippen LogP contribution in [0.4, 0.5) is 9.18 Å². The van der Waals surface area contributed by atoms with Gasteiger partial charge in [-0.25, -0.2) is 14.1 Å². The minimum atomic E-state index is -0.742. The molecule has 0 unspecified atom stereocenters. The van der Waals surface area contributed by atoms with Crippen molar-refractivity contribution in [2.24, 2.45) is 0 Å². The Hall–Kier alpha value is -2.73. The molecule has 138 valence electrons. The van der Waals surface area contributed by atoms with E-state index in [1.807, 2.05) is 36.4 Å². The van der Waals surface area contributed by atoms with Crippen LogP contribution in [0.15, 0.2) is 60.7 Å². The van der Waals surface area contributed by atoms with Gasteiger partial charge in [0.25, 0.3) is 0 Å². The van der Waals surface area contributed by atoms with E-state index in [1.54, 1.807) is 0 Å². The van der Waals surface area contributed by atoms with Gasteiger partial charge in [-0.05, 0) is 30.5 Å². The van der Waals surface area contributed by atoms with Crippen LogP contribution in [0.3, 0.4) is 0 Å². The van der Waals surface area contributed by atoms with E-state index < -0.39 is 12.2 Å². The van der Waals surface area contributed by atoms with Gasteiger partial charge in [0.05, 0.1) is 12.6 Å². The Kier molecular flexibility index (Phi) is 7.76. The first-order valence-electron chi connectivity index (χ1n) is 8.48. The standard InChI is InChI=1S/C14H16FNO4.C6H6/c15-11-6-4-10(5-7-11)12(17)2-1-3-13(18)16-8-9-20-14(16)19;1-2-4-6-5-3-1/h4-7,12,17H,1-3,8-9H2;1-6H/t12-;/m0./s1. The number of carbonyl (C=O) groups excluding carboxylic acids is 2. The van der Waals surface area contributed by atoms with Crippen molar-refractivity contribution >= 4 is 12.0 Å². The zero-order valence-corrected chi connectivity index (χ0v) is 14.4. The third-order valence-corrected chi connectivity index (χ3v) is 3.85. The number of halogens is 1.